The lowest BCUT2D eigenvalue weighted by molar-refractivity contribution is 0.175. The Hall–Kier alpha value is -0.0800. The van der Waals surface area contributed by atoms with Crippen LogP contribution >= 0.6 is 0 Å². The van der Waals surface area contributed by atoms with Gasteiger partial charge in [-0.2, -0.15) is 0 Å². The molecule has 0 saturated carbocycles. The SMILES string of the molecule is CC(N)CCCC(C)C(C)CCCC(C)O. The van der Waals surface area contributed by atoms with E-state index in [1.807, 2.05) is 6.92 Å². The number of hydrogen-bond acceptors (Lipinski definition) is 2. The summed E-state index contributed by atoms with van der Waals surface area (Å²) in [4.78, 5) is 0. The van der Waals surface area contributed by atoms with Gasteiger partial charge in [0.25, 0.3) is 0 Å². The highest BCUT2D eigenvalue weighted by molar-refractivity contribution is 4.64. The lowest BCUT2D eigenvalue weighted by Gasteiger charge is -2.20. The van der Waals surface area contributed by atoms with Crippen LogP contribution in [-0.4, -0.2) is 17.3 Å². The molecule has 0 aromatic rings. The van der Waals surface area contributed by atoms with Crippen molar-refractivity contribution in [3.05, 3.63) is 0 Å². The van der Waals surface area contributed by atoms with E-state index in [1.165, 1.54) is 19.3 Å². The molecule has 0 aliphatic carbocycles. The zero-order valence-electron chi connectivity index (χ0n) is 11.6. The summed E-state index contributed by atoms with van der Waals surface area (Å²) in [5, 5.41) is 9.19. The van der Waals surface area contributed by atoms with Crippen molar-refractivity contribution in [2.75, 3.05) is 0 Å². The molecule has 98 valence electrons. The van der Waals surface area contributed by atoms with E-state index in [2.05, 4.69) is 20.8 Å². The molecule has 4 atom stereocenters. The third-order valence-corrected chi connectivity index (χ3v) is 3.57. The van der Waals surface area contributed by atoms with Crippen LogP contribution in [0.2, 0.25) is 0 Å². The predicted octanol–water partition coefficient (Wildman–Crippen LogP) is 3.33. The number of rotatable bonds is 9. The number of aliphatic hydroxyl groups is 1. The second-order valence-corrected chi connectivity index (χ2v) is 5.64. The first-order chi connectivity index (χ1) is 7.43. The number of nitrogens with two attached hydrogens (primary N) is 1. The van der Waals surface area contributed by atoms with Crippen LogP contribution in [-0.2, 0) is 0 Å². The van der Waals surface area contributed by atoms with Crippen LogP contribution in [0.5, 0.6) is 0 Å². The zero-order chi connectivity index (χ0) is 12.6. The minimum Gasteiger partial charge on any atom is -0.393 e. The molecule has 0 fully saturated rings. The van der Waals surface area contributed by atoms with Gasteiger partial charge in [-0.05, 0) is 38.5 Å². The Kier molecular flexibility index (Phi) is 8.96. The van der Waals surface area contributed by atoms with Crippen molar-refractivity contribution < 1.29 is 5.11 Å². The molecule has 2 heteroatoms. The second kappa shape index (κ2) is 9.00. The molecule has 0 rings (SSSR count). The largest absolute Gasteiger partial charge is 0.393 e. The van der Waals surface area contributed by atoms with Gasteiger partial charge in [0.1, 0.15) is 0 Å². The summed E-state index contributed by atoms with van der Waals surface area (Å²) in [7, 11) is 0. The zero-order valence-corrected chi connectivity index (χ0v) is 11.6. The van der Waals surface area contributed by atoms with Crippen LogP contribution in [0.25, 0.3) is 0 Å². The highest BCUT2D eigenvalue weighted by Gasteiger charge is 2.12. The van der Waals surface area contributed by atoms with E-state index in [9.17, 15) is 5.11 Å². The molecule has 2 nitrogen and oxygen atoms in total. The quantitative estimate of drug-likeness (QED) is 0.637. The van der Waals surface area contributed by atoms with E-state index in [0.717, 1.165) is 31.1 Å². The van der Waals surface area contributed by atoms with Crippen molar-refractivity contribution >= 4 is 0 Å². The normalized spacial score (nSPS) is 19.1. The van der Waals surface area contributed by atoms with Gasteiger partial charge in [-0.3, -0.25) is 0 Å². The molecule has 0 aliphatic heterocycles. The number of hydrogen-bond donors (Lipinski definition) is 2. The standard InChI is InChI=1S/C14H31NO/c1-11(7-5-9-13(3)15)12(2)8-6-10-14(4)16/h11-14,16H,5-10,15H2,1-4H3. The Bertz CT molecular complexity index is 139. The molecule has 0 spiro atoms. The average molecular weight is 229 g/mol. The van der Waals surface area contributed by atoms with E-state index in [0.29, 0.717) is 6.04 Å². The van der Waals surface area contributed by atoms with E-state index >= 15 is 0 Å². The van der Waals surface area contributed by atoms with Gasteiger partial charge < -0.3 is 10.8 Å². The van der Waals surface area contributed by atoms with Gasteiger partial charge in [0.2, 0.25) is 0 Å². The molecular weight excluding hydrogens is 198 g/mol. The van der Waals surface area contributed by atoms with E-state index < -0.39 is 0 Å². The van der Waals surface area contributed by atoms with Gasteiger partial charge in [-0.15, -0.1) is 0 Å². The molecule has 0 aliphatic rings. The average Bonchev–Trinajstić information content (AvgIpc) is 2.16. The smallest absolute Gasteiger partial charge is 0.0512 e. The maximum atomic E-state index is 9.19. The van der Waals surface area contributed by atoms with Crippen molar-refractivity contribution in [2.24, 2.45) is 17.6 Å². The Balaban J connectivity index is 3.52. The van der Waals surface area contributed by atoms with Crippen LogP contribution in [0.4, 0.5) is 0 Å². The fourth-order valence-corrected chi connectivity index (χ4v) is 2.07. The van der Waals surface area contributed by atoms with Crippen LogP contribution in [0.1, 0.15) is 66.2 Å². The maximum Gasteiger partial charge on any atom is 0.0512 e. The maximum absolute atomic E-state index is 9.19. The van der Waals surface area contributed by atoms with Gasteiger partial charge >= 0.3 is 0 Å². The van der Waals surface area contributed by atoms with Gasteiger partial charge in [0.15, 0.2) is 0 Å². The molecule has 0 heterocycles. The minimum atomic E-state index is -0.138. The van der Waals surface area contributed by atoms with Crippen molar-refractivity contribution in [1.29, 1.82) is 0 Å². The lowest BCUT2D eigenvalue weighted by Crippen LogP contribution is -2.15. The molecule has 0 radical (unpaired) electrons. The van der Waals surface area contributed by atoms with Gasteiger partial charge in [0.05, 0.1) is 6.10 Å². The van der Waals surface area contributed by atoms with Crippen molar-refractivity contribution in [3.63, 3.8) is 0 Å². The molecule has 4 unspecified atom stereocenters. The summed E-state index contributed by atoms with van der Waals surface area (Å²) in [6.07, 6.45) is 6.87. The van der Waals surface area contributed by atoms with Gasteiger partial charge in [-0.1, -0.05) is 39.5 Å². The van der Waals surface area contributed by atoms with Crippen molar-refractivity contribution in [3.8, 4) is 0 Å². The first-order valence-corrected chi connectivity index (χ1v) is 6.87. The summed E-state index contributed by atoms with van der Waals surface area (Å²) in [6, 6.07) is 0.345. The first kappa shape index (κ1) is 15.9. The summed E-state index contributed by atoms with van der Waals surface area (Å²) < 4.78 is 0. The highest BCUT2D eigenvalue weighted by atomic mass is 16.3. The summed E-state index contributed by atoms with van der Waals surface area (Å²) in [5.41, 5.74) is 5.74. The summed E-state index contributed by atoms with van der Waals surface area (Å²) in [5.74, 6) is 1.56. The molecule has 3 N–H and O–H groups in total. The fourth-order valence-electron chi connectivity index (χ4n) is 2.07. The van der Waals surface area contributed by atoms with E-state index in [4.69, 9.17) is 5.73 Å². The fraction of sp³-hybridized carbons (Fsp3) is 1.00. The van der Waals surface area contributed by atoms with Crippen LogP contribution < -0.4 is 5.73 Å². The van der Waals surface area contributed by atoms with Crippen molar-refractivity contribution in [1.82, 2.24) is 0 Å². The summed E-state index contributed by atoms with van der Waals surface area (Å²) in [6.45, 7) is 8.63. The highest BCUT2D eigenvalue weighted by Crippen LogP contribution is 2.23. The van der Waals surface area contributed by atoms with Gasteiger partial charge in [0, 0.05) is 6.04 Å². The second-order valence-electron chi connectivity index (χ2n) is 5.64. The molecule has 16 heavy (non-hydrogen) atoms. The summed E-state index contributed by atoms with van der Waals surface area (Å²) >= 11 is 0. The monoisotopic (exact) mass is 229 g/mol. The minimum absolute atomic E-state index is 0.138. The molecule has 0 amide bonds. The number of aliphatic hydroxyl groups excluding tert-OH is 1. The lowest BCUT2D eigenvalue weighted by atomic mass is 9.86. The topological polar surface area (TPSA) is 46.2 Å². The van der Waals surface area contributed by atoms with Crippen molar-refractivity contribution in [2.45, 2.75) is 78.4 Å². The Labute approximate surface area is 102 Å². The third kappa shape index (κ3) is 9.17. The Morgan fingerprint density at radius 3 is 1.62 bits per heavy atom. The third-order valence-electron chi connectivity index (χ3n) is 3.57. The van der Waals surface area contributed by atoms with Gasteiger partial charge in [-0.25, -0.2) is 0 Å². The van der Waals surface area contributed by atoms with Crippen LogP contribution in [0.3, 0.4) is 0 Å². The van der Waals surface area contributed by atoms with E-state index in [1.54, 1.807) is 0 Å². The molecular formula is C14H31NO. The first-order valence-electron chi connectivity index (χ1n) is 6.87. The molecule has 0 aromatic carbocycles. The molecule has 0 bridgehead atoms. The molecule has 0 aromatic heterocycles. The van der Waals surface area contributed by atoms with Crippen LogP contribution in [0, 0.1) is 11.8 Å². The van der Waals surface area contributed by atoms with E-state index in [-0.39, 0.29) is 6.10 Å². The molecule has 0 saturated heterocycles. The Morgan fingerprint density at radius 2 is 1.25 bits per heavy atom. The Morgan fingerprint density at radius 1 is 0.812 bits per heavy atom. The van der Waals surface area contributed by atoms with Crippen LogP contribution in [0.15, 0.2) is 0 Å². The predicted molar refractivity (Wildman–Crippen MR) is 71.4 cm³/mol.